The predicted molar refractivity (Wildman–Crippen MR) is 70.5 cm³/mol. The van der Waals surface area contributed by atoms with Crippen molar-refractivity contribution in [3.05, 3.63) is 41.5 Å². The fourth-order valence-electron chi connectivity index (χ4n) is 1.58. The van der Waals surface area contributed by atoms with Gasteiger partial charge in [0.05, 0.1) is 6.54 Å². The highest BCUT2D eigenvalue weighted by Gasteiger charge is 2.07. The number of anilines is 1. The molecule has 102 valence electrons. The molecule has 0 saturated heterocycles. The van der Waals surface area contributed by atoms with Crippen molar-refractivity contribution in [2.45, 2.75) is 13.5 Å². The highest BCUT2D eigenvalue weighted by Crippen LogP contribution is 2.10. The van der Waals surface area contributed by atoms with Crippen LogP contribution >= 0.6 is 11.6 Å². The van der Waals surface area contributed by atoms with E-state index >= 15 is 0 Å². The molecule has 0 spiro atoms. The molecule has 0 radical (unpaired) electrons. The second-order valence-electron chi connectivity index (χ2n) is 3.98. The fraction of sp³-hybridized carbons (Fsp3) is 0.182. The molecule has 0 aromatic carbocycles. The molecule has 0 aliphatic heterocycles. The summed E-state index contributed by atoms with van der Waals surface area (Å²) < 4.78 is 6.62. The number of halogens is 1. The van der Waals surface area contributed by atoms with Gasteiger partial charge in [0.2, 0.25) is 17.2 Å². The van der Waals surface area contributed by atoms with E-state index < -0.39 is 0 Å². The first-order valence-corrected chi connectivity index (χ1v) is 6.14. The smallest absolute Gasteiger partial charge is 0.241 e. The molecular weight excluding hydrogens is 282 g/mol. The SMILES string of the molecule is Cc1cc(CNc2nc(Cl)nc(-n3ccnc3)n2)no1. The van der Waals surface area contributed by atoms with Crippen LogP contribution in [0.2, 0.25) is 5.28 Å². The van der Waals surface area contributed by atoms with E-state index in [1.54, 1.807) is 23.3 Å². The number of nitrogens with zero attached hydrogens (tertiary/aromatic N) is 6. The van der Waals surface area contributed by atoms with Gasteiger partial charge in [0, 0.05) is 18.5 Å². The maximum atomic E-state index is 5.88. The molecule has 0 atom stereocenters. The molecule has 9 heteroatoms. The zero-order valence-corrected chi connectivity index (χ0v) is 11.2. The Bertz CT molecular complexity index is 709. The Hall–Kier alpha value is -2.48. The molecule has 0 aliphatic carbocycles. The van der Waals surface area contributed by atoms with Gasteiger partial charge in [0.25, 0.3) is 0 Å². The zero-order chi connectivity index (χ0) is 13.9. The lowest BCUT2D eigenvalue weighted by Gasteiger charge is -2.05. The van der Waals surface area contributed by atoms with Gasteiger partial charge in [-0.2, -0.15) is 15.0 Å². The summed E-state index contributed by atoms with van der Waals surface area (Å²) in [4.78, 5) is 16.2. The van der Waals surface area contributed by atoms with E-state index in [1.807, 2.05) is 13.0 Å². The van der Waals surface area contributed by atoms with Gasteiger partial charge < -0.3 is 9.84 Å². The highest BCUT2D eigenvalue weighted by molar-refractivity contribution is 6.28. The van der Waals surface area contributed by atoms with E-state index in [4.69, 9.17) is 16.1 Å². The molecule has 0 amide bonds. The van der Waals surface area contributed by atoms with Gasteiger partial charge in [0.15, 0.2) is 0 Å². The average molecular weight is 292 g/mol. The summed E-state index contributed by atoms with van der Waals surface area (Å²) >= 11 is 5.88. The first-order chi connectivity index (χ1) is 9.70. The Morgan fingerprint density at radius 1 is 1.35 bits per heavy atom. The average Bonchev–Trinajstić information content (AvgIpc) is 3.07. The van der Waals surface area contributed by atoms with Gasteiger partial charge in [0.1, 0.15) is 17.8 Å². The van der Waals surface area contributed by atoms with Crippen LogP contribution in [0.4, 0.5) is 5.95 Å². The van der Waals surface area contributed by atoms with Crippen molar-refractivity contribution in [3.63, 3.8) is 0 Å². The highest BCUT2D eigenvalue weighted by atomic mass is 35.5. The topological polar surface area (TPSA) is 94.6 Å². The minimum atomic E-state index is 0.0996. The third-order valence-corrected chi connectivity index (χ3v) is 2.61. The molecule has 0 fully saturated rings. The number of hydrogen-bond acceptors (Lipinski definition) is 7. The van der Waals surface area contributed by atoms with E-state index in [-0.39, 0.29) is 5.28 Å². The maximum Gasteiger partial charge on any atom is 0.241 e. The second-order valence-corrected chi connectivity index (χ2v) is 4.32. The molecule has 3 aromatic rings. The van der Waals surface area contributed by atoms with Crippen molar-refractivity contribution in [3.8, 4) is 5.95 Å². The third kappa shape index (κ3) is 2.75. The Morgan fingerprint density at radius 2 is 2.25 bits per heavy atom. The maximum absolute atomic E-state index is 5.88. The number of rotatable bonds is 4. The van der Waals surface area contributed by atoms with E-state index in [9.17, 15) is 0 Å². The second kappa shape index (κ2) is 5.25. The summed E-state index contributed by atoms with van der Waals surface area (Å²) in [6.45, 7) is 2.26. The van der Waals surface area contributed by atoms with Crippen molar-refractivity contribution in [2.75, 3.05) is 5.32 Å². The lowest BCUT2D eigenvalue weighted by molar-refractivity contribution is 0.391. The summed E-state index contributed by atoms with van der Waals surface area (Å²) in [5.74, 6) is 1.49. The van der Waals surface area contributed by atoms with E-state index in [0.29, 0.717) is 18.4 Å². The van der Waals surface area contributed by atoms with Crippen LogP contribution in [0.15, 0.2) is 29.3 Å². The third-order valence-electron chi connectivity index (χ3n) is 2.44. The number of aromatic nitrogens is 6. The van der Waals surface area contributed by atoms with Gasteiger partial charge in [-0.05, 0) is 18.5 Å². The summed E-state index contributed by atoms with van der Waals surface area (Å²) in [5, 5.41) is 6.98. The lowest BCUT2D eigenvalue weighted by atomic mass is 10.4. The molecule has 3 aromatic heterocycles. The van der Waals surface area contributed by atoms with Gasteiger partial charge in [-0.3, -0.25) is 4.57 Å². The Labute approximate surface area is 118 Å². The van der Waals surface area contributed by atoms with Crippen LogP contribution in [0.3, 0.4) is 0 Å². The predicted octanol–water partition coefficient (Wildman–Crippen LogP) is 1.62. The molecule has 3 rings (SSSR count). The molecule has 1 N–H and O–H groups in total. The van der Waals surface area contributed by atoms with Gasteiger partial charge >= 0.3 is 0 Å². The van der Waals surface area contributed by atoms with E-state index in [1.165, 1.54) is 0 Å². The van der Waals surface area contributed by atoms with Crippen LogP contribution in [0, 0.1) is 6.92 Å². The molecule has 0 saturated carbocycles. The van der Waals surface area contributed by atoms with Crippen LogP contribution in [-0.4, -0.2) is 29.7 Å². The Balaban J connectivity index is 1.79. The number of hydrogen-bond donors (Lipinski definition) is 1. The summed E-state index contributed by atoms with van der Waals surface area (Å²) in [7, 11) is 0. The fourth-order valence-corrected chi connectivity index (χ4v) is 1.74. The molecule has 0 aliphatic rings. The number of aryl methyl sites for hydroxylation is 1. The van der Waals surface area contributed by atoms with Crippen molar-refractivity contribution in [1.29, 1.82) is 0 Å². The monoisotopic (exact) mass is 291 g/mol. The summed E-state index contributed by atoms with van der Waals surface area (Å²) in [6.07, 6.45) is 4.93. The normalized spacial score (nSPS) is 10.7. The van der Waals surface area contributed by atoms with Gasteiger partial charge in [-0.1, -0.05) is 5.16 Å². The lowest BCUT2D eigenvalue weighted by Crippen LogP contribution is -2.08. The van der Waals surface area contributed by atoms with Crippen LogP contribution in [0.5, 0.6) is 0 Å². The molecular formula is C11H10ClN7O. The first-order valence-electron chi connectivity index (χ1n) is 5.77. The molecule has 0 bridgehead atoms. The molecule has 3 heterocycles. The van der Waals surface area contributed by atoms with Crippen LogP contribution in [-0.2, 0) is 6.54 Å². The van der Waals surface area contributed by atoms with E-state index in [0.717, 1.165) is 11.5 Å². The molecule has 0 unspecified atom stereocenters. The standard InChI is InChI=1S/C11H10ClN7O/c1-7-4-8(18-20-7)5-14-10-15-9(12)16-11(17-10)19-3-2-13-6-19/h2-4,6H,5H2,1H3,(H,14,15,16,17). The van der Waals surface area contributed by atoms with Gasteiger partial charge in [-0.25, -0.2) is 4.98 Å². The summed E-state index contributed by atoms with van der Waals surface area (Å²) in [5.41, 5.74) is 0.753. The van der Waals surface area contributed by atoms with Crippen molar-refractivity contribution in [2.24, 2.45) is 0 Å². The zero-order valence-electron chi connectivity index (χ0n) is 10.5. The van der Waals surface area contributed by atoms with Crippen molar-refractivity contribution < 1.29 is 4.52 Å². The van der Waals surface area contributed by atoms with Crippen LogP contribution < -0.4 is 5.32 Å². The van der Waals surface area contributed by atoms with Gasteiger partial charge in [-0.15, -0.1) is 0 Å². The number of imidazole rings is 1. The van der Waals surface area contributed by atoms with Crippen molar-refractivity contribution >= 4 is 17.5 Å². The molecule has 8 nitrogen and oxygen atoms in total. The minimum Gasteiger partial charge on any atom is -0.361 e. The quantitative estimate of drug-likeness (QED) is 0.780. The molecule has 20 heavy (non-hydrogen) atoms. The van der Waals surface area contributed by atoms with Crippen molar-refractivity contribution in [1.82, 2.24) is 29.7 Å². The summed E-state index contributed by atoms with van der Waals surface area (Å²) in [6, 6.07) is 1.83. The van der Waals surface area contributed by atoms with E-state index in [2.05, 4.69) is 30.4 Å². The minimum absolute atomic E-state index is 0.0996. The van der Waals surface area contributed by atoms with Crippen LogP contribution in [0.1, 0.15) is 11.5 Å². The Morgan fingerprint density at radius 3 is 2.95 bits per heavy atom. The Kier molecular flexibility index (Phi) is 3.30. The number of nitrogens with one attached hydrogen (secondary N) is 1. The van der Waals surface area contributed by atoms with Crippen LogP contribution in [0.25, 0.3) is 5.95 Å². The largest absolute Gasteiger partial charge is 0.361 e. The first kappa shape index (κ1) is 12.5.